The van der Waals surface area contributed by atoms with Gasteiger partial charge in [-0.15, -0.1) is 0 Å². The average molecular weight is 374 g/mol. The molecule has 0 aliphatic carbocycles. The van der Waals surface area contributed by atoms with E-state index in [-0.39, 0.29) is 17.0 Å². The van der Waals surface area contributed by atoms with Gasteiger partial charge in [-0.2, -0.15) is 0 Å². The van der Waals surface area contributed by atoms with E-state index in [1.165, 1.54) is 6.92 Å². The summed E-state index contributed by atoms with van der Waals surface area (Å²) in [5, 5.41) is 1.90. The Morgan fingerprint density at radius 2 is 1.64 bits per heavy atom. The predicted molar refractivity (Wildman–Crippen MR) is 107 cm³/mol. The third-order valence-electron chi connectivity index (χ3n) is 4.77. The average Bonchev–Trinajstić information content (AvgIpc) is 3.02. The second-order valence-corrected chi connectivity index (χ2v) is 6.68. The lowest BCUT2D eigenvalue weighted by Gasteiger charge is -2.13. The van der Waals surface area contributed by atoms with E-state index in [1.54, 1.807) is 30.3 Å². The molecule has 0 aliphatic heterocycles. The number of pyridine rings is 1. The number of nitrogens with one attached hydrogen (secondary N) is 2. The van der Waals surface area contributed by atoms with Crippen LogP contribution in [0.25, 0.3) is 21.7 Å². The smallest absolute Gasteiger partial charge is 0.355 e. The molecule has 2 aromatic carbocycles. The maximum Gasteiger partial charge on any atom is 0.355 e. The predicted octanol–water partition coefficient (Wildman–Crippen LogP) is 3.75. The van der Waals surface area contributed by atoms with Gasteiger partial charge < -0.3 is 14.7 Å². The van der Waals surface area contributed by atoms with Crippen molar-refractivity contribution >= 4 is 33.4 Å². The van der Waals surface area contributed by atoms with Gasteiger partial charge in [-0.05, 0) is 37.4 Å². The van der Waals surface area contributed by atoms with E-state index in [9.17, 15) is 14.4 Å². The normalized spacial score (nSPS) is 12.2. The maximum absolute atomic E-state index is 12.9. The lowest BCUT2D eigenvalue weighted by atomic mass is 10.0. The van der Waals surface area contributed by atoms with Gasteiger partial charge in [0.2, 0.25) is 5.78 Å². The van der Waals surface area contributed by atoms with Gasteiger partial charge in [0.1, 0.15) is 5.69 Å². The summed E-state index contributed by atoms with van der Waals surface area (Å²) in [5.74, 6) is -1.05. The molecule has 2 N–H and O–H groups in total. The maximum atomic E-state index is 12.9. The Kier molecular flexibility index (Phi) is 4.31. The van der Waals surface area contributed by atoms with E-state index < -0.39 is 12.1 Å². The number of fused-ring (bicyclic) bond motifs is 2. The van der Waals surface area contributed by atoms with Crippen LogP contribution >= 0.6 is 0 Å². The highest BCUT2D eigenvalue weighted by atomic mass is 16.5. The van der Waals surface area contributed by atoms with E-state index in [0.29, 0.717) is 22.0 Å². The molecular formula is C22H18N2O4. The van der Waals surface area contributed by atoms with Crippen molar-refractivity contribution in [3.05, 3.63) is 81.9 Å². The molecule has 28 heavy (non-hydrogen) atoms. The van der Waals surface area contributed by atoms with Gasteiger partial charge in [0.25, 0.3) is 5.56 Å². The number of aromatic nitrogens is 2. The first kappa shape index (κ1) is 17.7. The Labute approximate surface area is 160 Å². The third kappa shape index (κ3) is 2.99. The second-order valence-electron chi connectivity index (χ2n) is 6.68. The number of aromatic amines is 2. The first-order valence-electron chi connectivity index (χ1n) is 8.90. The monoisotopic (exact) mass is 374 g/mol. The SMILES string of the molecule is Cc1[nH]c2ccccc2c1C(=O)[C@@H](C)OC(=O)c1cc2ccccc2c(=O)[nH]1. The molecular weight excluding hydrogens is 356 g/mol. The van der Waals surface area contributed by atoms with Crippen molar-refractivity contribution < 1.29 is 14.3 Å². The summed E-state index contributed by atoms with van der Waals surface area (Å²) in [6.45, 7) is 3.34. The number of hydrogen-bond acceptors (Lipinski definition) is 4. The van der Waals surface area contributed by atoms with Crippen LogP contribution in [0.2, 0.25) is 0 Å². The van der Waals surface area contributed by atoms with Crippen molar-refractivity contribution in [1.29, 1.82) is 0 Å². The molecule has 2 heterocycles. The van der Waals surface area contributed by atoms with Crippen LogP contribution < -0.4 is 5.56 Å². The molecule has 0 saturated carbocycles. The first-order chi connectivity index (χ1) is 13.5. The van der Waals surface area contributed by atoms with Crippen molar-refractivity contribution in [2.45, 2.75) is 20.0 Å². The standard InChI is InChI=1S/C22H18N2O4/c1-12-19(16-9-5-6-10-17(16)23-12)20(25)13(2)28-22(27)18-11-14-7-3-4-8-15(14)21(26)24-18/h3-11,13,23H,1-2H3,(H,24,26)/t13-/m1/s1. The summed E-state index contributed by atoms with van der Waals surface area (Å²) in [6.07, 6.45) is -1.000. The van der Waals surface area contributed by atoms with E-state index >= 15 is 0 Å². The molecule has 140 valence electrons. The molecule has 0 saturated heterocycles. The van der Waals surface area contributed by atoms with Crippen LogP contribution in [0, 0.1) is 6.92 Å². The fourth-order valence-corrected chi connectivity index (χ4v) is 3.40. The summed E-state index contributed by atoms with van der Waals surface area (Å²) in [4.78, 5) is 43.3. The van der Waals surface area contributed by atoms with Crippen LogP contribution in [0.4, 0.5) is 0 Å². The molecule has 0 unspecified atom stereocenters. The molecule has 0 fully saturated rings. The lowest BCUT2D eigenvalue weighted by Crippen LogP contribution is -2.26. The van der Waals surface area contributed by atoms with E-state index in [0.717, 1.165) is 10.9 Å². The fraction of sp³-hybridized carbons (Fsp3) is 0.136. The molecule has 4 rings (SSSR count). The quantitative estimate of drug-likeness (QED) is 0.420. The van der Waals surface area contributed by atoms with Gasteiger partial charge in [-0.25, -0.2) is 4.79 Å². The Balaban J connectivity index is 1.62. The number of para-hydroxylation sites is 1. The van der Waals surface area contributed by atoms with E-state index in [1.807, 2.05) is 31.2 Å². The number of hydrogen-bond donors (Lipinski definition) is 2. The van der Waals surface area contributed by atoms with Crippen LogP contribution in [0.5, 0.6) is 0 Å². The molecule has 0 radical (unpaired) electrons. The summed E-state index contributed by atoms with van der Waals surface area (Å²) in [7, 11) is 0. The highest BCUT2D eigenvalue weighted by Crippen LogP contribution is 2.24. The summed E-state index contributed by atoms with van der Waals surface area (Å²) < 4.78 is 5.36. The highest BCUT2D eigenvalue weighted by molar-refractivity contribution is 6.11. The first-order valence-corrected chi connectivity index (χ1v) is 8.90. The summed E-state index contributed by atoms with van der Waals surface area (Å²) in [6, 6.07) is 16.0. The van der Waals surface area contributed by atoms with E-state index in [2.05, 4.69) is 9.97 Å². The molecule has 6 heteroatoms. The van der Waals surface area contributed by atoms with Gasteiger partial charge in [0.05, 0.1) is 0 Å². The van der Waals surface area contributed by atoms with Crippen molar-refractivity contribution in [3.63, 3.8) is 0 Å². The van der Waals surface area contributed by atoms with E-state index in [4.69, 9.17) is 4.74 Å². The minimum atomic E-state index is -1.000. The van der Waals surface area contributed by atoms with Gasteiger partial charge in [-0.3, -0.25) is 9.59 Å². The number of ketones is 1. The zero-order valence-electron chi connectivity index (χ0n) is 15.4. The zero-order chi connectivity index (χ0) is 19.8. The Morgan fingerprint density at radius 1 is 0.964 bits per heavy atom. The molecule has 0 bridgehead atoms. The van der Waals surface area contributed by atoms with Crippen LogP contribution in [-0.4, -0.2) is 27.8 Å². The van der Waals surface area contributed by atoms with Crippen molar-refractivity contribution in [2.24, 2.45) is 0 Å². The molecule has 4 aromatic rings. The molecule has 0 spiro atoms. The fourth-order valence-electron chi connectivity index (χ4n) is 3.40. The number of Topliss-reactive ketones (excluding diaryl/α,β-unsaturated/α-hetero) is 1. The van der Waals surface area contributed by atoms with Crippen molar-refractivity contribution in [1.82, 2.24) is 9.97 Å². The second kappa shape index (κ2) is 6.81. The zero-order valence-corrected chi connectivity index (χ0v) is 15.4. The number of ether oxygens (including phenoxy) is 1. The van der Waals surface area contributed by atoms with Gasteiger partial charge in [-0.1, -0.05) is 36.4 Å². The van der Waals surface area contributed by atoms with Crippen LogP contribution in [-0.2, 0) is 4.74 Å². The molecule has 2 aromatic heterocycles. The molecule has 0 amide bonds. The molecule has 1 atom stereocenters. The largest absolute Gasteiger partial charge is 0.450 e. The number of benzene rings is 2. The molecule has 0 aliphatic rings. The summed E-state index contributed by atoms with van der Waals surface area (Å²) in [5.41, 5.74) is 1.70. The van der Waals surface area contributed by atoms with Crippen molar-refractivity contribution in [2.75, 3.05) is 0 Å². The Morgan fingerprint density at radius 3 is 2.43 bits per heavy atom. The minimum Gasteiger partial charge on any atom is -0.450 e. The van der Waals surface area contributed by atoms with Crippen molar-refractivity contribution in [3.8, 4) is 0 Å². The third-order valence-corrected chi connectivity index (χ3v) is 4.77. The Hall–Kier alpha value is -3.67. The highest BCUT2D eigenvalue weighted by Gasteiger charge is 2.25. The van der Waals surface area contributed by atoms with Gasteiger partial charge >= 0.3 is 5.97 Å². The minimum absolute atomic E-state index is 0.0130. The van der Waals surface area contributed by atoms with Crippen LogP contribution in [0.3, 0.4) is 0 Å². The summed E-state index contributed by atoms with van der Waals surface area (Å²) >= 11 is 0. The van der Waals surface area contributed by atoms with Gasteiger partial charge in [0, 0.05) is 27.5 Å². The lowest BCUT2D eigenvalue weighted by molar-refractivity contribution is 0.0313. The number of rotatable bonds is 4. The Bertz CT molecular complexity index is 1280. The number of carbonyl (C=O) groups excluding carboxylic acids is 2. The number of H-pyrrole nitrogens is 2. The number of aryl methyl sites for hydroxylation is 1. The van der Waals surface area contributed by atoms with Crippen LogP contribution in [0.1, 0.15) is 33.5 Å². The number of esters is 1. The molecule has 6 nitrogen and oxygen atoms in total. The van der Waals surface area contributed by atoms with Gasteiger partial charge in [0.15, 0.2) is 6.10 Å². The topological polar surface area (TPSA) is 92.0 Å². The van der Waals surface area contributed by atoms with Crippen LogP contribution in [0.15, 0.2) is 59.4 Å². The number of carbonyl (C=O) groups is 2.